The molecular formula is C13H20N4S. The van der Waals surface area contributed by atoms with Gasteiger partial charge in [-0.1, -0.05) is 0 Å². The average Bonchev–Trinajstić information content (AvgIpc) is 2.96. The summed E-state index contributed by atoms with van der Waals surface area (Å²) in [6.07, 6.45) is 5.87. The first-order valence-electron chi connectivity index (χ1n) is 6.13. The van der Waals surface area contributed by atoms with Crippen molar-refractivity contribution in [3.8, 4) is 0 Å². The number of hydrogen-bond donors (Lipinski definition) is 1. The van der Waals surface area contributed by atoms with Crippen molar-refractivity contribution in [2.45, 2.75) is 45.8 Å². The predicted octanol–water partition coefficient (Wildman–Crippen LogP) is 2.95. The molecule has 0 aromatic carbocycles. The summed E-state index contributed by atoms with van der Waals surface area (Å²) in [5.74, 6) is 0. The lowest BCUT2D eigenvalue weighted by Crippen LogP contribution is -2.22. The number of rotatable bonds is 4. The minimum absolute atomic E-state index is 0.0408. The van der Waals surface area contributed by atoms with Crippen LogP contribution in [-0.4, -0.2) is 14.8 Å². The fourth-order valence-electron chi connectivity index (χ4n) is 1.62. The summed E-state index contributed by atoms with van der Waals surface area (Å²) in [6, 6.07) is 0.281. The molecule has 0 amide bonds. The van der Waals surface area contributed by atoms with Gasteiger partial charge in [-0.15, -0.1) is 11.3 Å². The van der Waals surface area contributed by atoms with Gasteiger partial charge in [0.1, 0.15) is 5.01 Å². The Morgan fingerprint density at radius 1 is 1.44 bits per heavy atom. The Balaban J connectivity index is 1.93. The molecule has 0 radical (unpaired) electrons. The first-order valence-corrected chi connectivity index (χ1v) is 7.01. The van der Waals surface area contributed by atoms with Crippen LogP contribution < -0.4 is 5.32 Å². The van der Waals surface area contributed by atoms with Gasteiger partial charge in [0, 0.05) is 29.9 Å². The number of hydrogen-bond acceptors (Lipinski definition) is 4. The van der Waals surface area contributed by atoms with Gasteiger partial charge in [-0.3, -0.25) is 4.68 Å². The minimum Gasteiger partial charge on any atom is -0.304 e. The molecule has 2 rings (SSSR count). The Kier molecular flexibility index (Phi) is 3.82. The summed E-state index contributed by atoms with van der Waals surface area (Å²) in [7, 11) is 0. The van der Waals surface area contributed by atoms with Crippen LogP contribution in [0.4, 0.5) is 0 Å². The third kappa shape index (κ3) is 3.17. The SMILES string of the molecule is CC(NCc1cnn(C(C)(C)C)c1)c1nccs1. The fourth-order valence-corrected chi connectivity index (χ4v) is 2.30. The van der Waals surface area contributed by atoms with Gasteiger partial charge in [0.05, 0.1) is 17.8 Å². The quantitative estimate of drug-likeness (QED) is 0.923. The Morgan fingerprint density at radius 2 is 2.22 bits per heavy atom. The van der Waals surface area contributed by atoms with E-state index in [1.54, 1.807) is 11.3 Å². The molecule has 0 aliphatic heterocycles. The second-order valence-corrected chi connectivity index (χ2v) is 6.36. The highest BCUT2D eigenvalue weighted by Gasteiger charge is 2.14. The summed E-state index contributed by atoms with van der Waals surface area (Å²) < 4.78 is 2.00. The van der Waals surface area contributed by atoms with Gasteiger partial charge in [-0.05, 0) is 27.7 Å². The van der Waals surface area contributed by atoms with Gasteiger partial charge >= 0.3 is 0 Å². The van der Waals surface area contributed by atoms with E-state index in [1.165, 1.54) is 5.56 Å². The fraction of sp³-hybridized carbons (Fsp3) is 0.538. The normalized spacial score (nSPS) is 13.8. The molecule has 2 aromatic heterocycles. The van der Waals surface area contributed by atoms with Crippen LogP contribution in [-0.2, 0) is 12.1 Å². The molecule has 0 aliphatic carbocycles. The zero-order chi connectivity index (χ0) is 13.2. The molecule has 0 aliphatic rings. The number of aromatic nitrogens is 3. The average molecular weight is 264 g/mol. The second-order valence-electron chi connectivity index (χ2n) is 5.44. The van der Waals surface area contributed by atoms with E-state index in [-0.39, 0.29) is 11.6 Å². The molecule has 4 nitrogen and oxygen atoms in total. The number of nitrogens with one attached hydrogen (secondary N) is 1. The minimum atomic E-state index is 0.0408. The monoisotopic (exact) mass is 264 g/mol. The maximum absolute atomic E-state index is 4.39. The van der Waals surface area contributed by atoms with Crippen molar-refractivity contribution < 1.29 is 0 Å². The highest BCUT2D eigenvalue weighted by atomic mass is 32.1. The molecule has 0 saturated carbocycles. The summed E-state index contributed by atoms with van der Waals surface area (Å²) in [4.78, 5) is 4.31. The van der Waals surface area contributed by atoms with Gasteiger partial charge in [0.25, 0.3) is 0 Å². The topological polar surface area (TPSA) is 42.7 Å². The van der Waals surface area contributed by atoms with Crippen LogP contribution >= 0.6 is 11.3 Å². The Hall–Kier alpha value is -1.20. The molecule has 2 aromatic rings. The number of thiazole rings is 1. The van der Waals surface area contributed by atoms with Crippen LogP contribution in [0.25, 0.3) is 0 Å². The van der Waals surface area contributed by atoms with Crippen molar-refractivity contribution in [2.24, 2.45) is 0 Å². The van der Waals surface area contributed by atoms with E-state index < -0.39 is 0 Å². The third-order valence-corrected chi connectivity index (χ3v) is 3.72. The molecular weight excluding hydrogens is 244 g/mol. The summed E-state index contributed by atoms with van der Waals surface area (Å²) in [6.45, 7) is 9.39. The molecule has 0 spiro atoms. The second kappa shape index (κ2) is 5.20. The van der Waals surface area contributed by atoms with Crippen molar-refractivity contribution in [1.29, 1.82) is 0 Å². The van der Waals surface area contributed by atoms with E-state index in [0.717, 1.165) is 11.6 Å². The van der Waals surface area contributed by atoms with Crippen molar-refractivity contribution in [1.82, 2.24) is 20.1 Å². The zero-order valence-corrected chi connectivity index (χ0v) is 12.2. The molecule has 0 bridgehead atoms. The van der Waals surface area contributed by atoms with E-state index in [0.29, 0.717) is 0 Å². The van der Waals surface area contributed by atoms with Crippen LogP contribution in [0.2, 0.25) is 0 Å². The third-order valence-electron chi connectivity index (χ3n) is 2.76. The molecule has 5 heteroatoms. The molecule has 1 N–H and O–H groups in total. The maximum Gasteiger partial charge on any atom is 0.109 e. The van der Waals surface area contributed by atoms with Crippen molar-refractivity contribution in [3.05, 3.63) is 34.5 Å². The van der Waals surface area contributed by atoms with E-state index >= 15 is 0 Å². The Labute approximate surface area is 112 Å². The largest absolute Gasteiger partial charge is 0.304 e. The Bertz CT molecular complexity index is 481. The van der Waals surface area contributed by atoms with Gasteiger partial charge in [-0.2, -0.15) is 5.10 Å². The maximum atomic E-state index is 4.39. The first-order chi connectivity index (χ1) is 8.47. The first kappa shape index (κ1) is 13.2. The van der Waals surface area contributed by atoms with Gasteiger partial charge in [0.15, 0.2) is 0 Å². The van der Waals surface area contributed by atoms with E-state index in [2.05, 4.69) is 49.3 Å². The smallest absolute Gasteiger partial charge is 0.109 e. The highest BCUT2D eigenvalue weighted by Crippen LogP contribution is 2.16. The molecule has 0 fully saturated rings. The molecule has 0 saturated heterocycles. The molecule has 98 valence electrons. The lowest BCUT2D eigenvalue weighted by molar-refractivity contribution is 0.355. The van der Waals surface area contributed by atoms with Gasteiger partial charge in [0.2, 0.25) is 0 Å². The molecule has 1 unspecified atom stereocenters. The number of nitrogens with zero attached hydrogens (tertiary/aromatic N) is 3. The Morgan fingerprint density at radius 3 is 2.78 bits per heavy atom. The van der Waals surface area contributed by atoms with Crippen LogP contribution in [0.1, 0.15) is 44.3 Å². The van der Waals surface area contributed by atoms with Crippen LogP contribution in [0.5, 0.6) is 0 Å². The van der Waals surface area contributed by atoms with Crippen molar-refractivity contribution in [2.75, 3.05) is 0 Å². The summed E-state index contributed by atoms with van der Waals surface area (Å²) in [5.41, 5.74) is 1.24. The standard InChI is InChI=1S/C13H20N4S/c1-10(12-14-5-6-18-12)15-7-11-8-16-17(9-11)13(2,3)4/h5-6,8-10,15H,7H2,1-4H3. The van der Waals surface area contributed by atoms with Gasteiger partial charge in [-0.25, -0.2) is 4.98 Å². The van der Waals surface area contributed by atoms with Gasteiger partial charge < -0.3 is 5.32 Å². The summed E-state index contributed by atoms with van der Waals surface area (Å²) in [5, 5.41) is 11.0. The van der Waals surface area contributed by atoms with Crippen molar-refractivity contribution in [3.63, 3.8) is 0 Å². The summed E-state index contributed by atoms with van der Waals surface area (Å²) >= 11 is 1.68. The molecule has 2 heterocycles. The predicted molar refractivity (Wildman–Crippen MR) is 74.6 cm³/mol. The van der Waals surface area contributed by atoms with Crippen LogP contribution in [0, 0.1) is 0 Å². The lowest BCUT2D eigenvalue weighted by Gasteiger charge is -2.18. The molecule has 1 atom stereocenters. The van der Waals surface area contributed by atoms with Crippen molar-refractivity contribution >= 4 is 11.3 Å². The van der Waals surface area contributed by atoms with E-state index in [9.17, 15) is 0 Å². The zero-order valence-electron chi connectivity index (χ0n) is 11.3. The van der Waals surface area contributed by atoms with Crippen LogP contribution in [0.15, 0.2) is 24.0 Å². The highest BCUT2D eigenvalue weighted by molar-refractivity contribution is 7.09. The van der Waals surface area contributed by atoms with E-state index in [4.69, 9.17) is 0 Å². The lowest BCUT2D eigenvalue weighted by atomic mass is 10.1. The molecule has 18 heavy (non-hydrogen) atoms. The van der Waals surface area contributed by atoms with Crippen LogP contribution in [0.3, 0.4) is 0 Å². The van der Waals surface area contributed by atoms with E-state index in [1.807, 2.05) is 22.5 Å².